The molecule has 7 heteroatoms. The lowest BCUT2D eigenvalue weighted by molar-refractivity contribution is 0.414. The van der Waals surface area contributed by atoms with E-state index in [1.807, 2.05) is 0 Å². The van der Waals surface area contributed by atoms with Gasteiger partial charge in [-0.2, -0.15) is 14.5 Å². The van der Waals surface area contributed by atoms with E-state index < -0.39 is 6.08 Å². The third kappa shape index (κ3) is 1.89. The molecule has 0 amide bonds. The molecule has 0 unspecified atom stereocenters. The molecule has 0 saturated carbocycles. The van der Waals surface area contributed by atoms with Crippen LogP contribution in [0.5, 0.6) is 5.75 Å². The van der Waals surface area contributed by atoms with Crippen LogP contribution in [0.3, 0.4) is 0 Å². The highest BCUT2D eigenvalue weighted by Gasteiger charge is 2.09. The molecule has 2 heterocycles. The fraction of sp³-hybridized carbons (Fsp3) is 0.125. The van der Waals surface area contributed by atoms with Crippen LogP contribution in [0.2, 0.25) is 5.02 Å². The number of ether oxygens (including phenoxy) is 1. The summed E-state index contributed by atoms with van der Waals surface area (Å²) >= 11 is 5.79. The molecular weight excluding hydrogens is 223 g/mol. The summed E-state index contributed by atoms with van der Waals surface area (Å²) < 4.78 is 19.0. The first-order valence-electron chi connectivity index (χ1n) is 3.98. The number of methoxy groups -OCH3 is 1. The van der Waals surface area contributed by atoms with Crippen molar-refractivity contribution in [3.8, 4) is 11.6 Å². The predicted molar refractivity (Wildman–Crippen MR) is 50.7 cm³/mol. The highest BCUT2D eigenvalue weighted by atomic mass is 35.5. The molecule has 0 spiro atoms. The van der Waals surface area contributed by atoms with Gasteiger partial charge >= 0.3 is 6.08 Å². The van der Waals surface area contributed by atoms with Gasteiger partial charge in [-0.1, -0.05) is 11.6 Å². The molecule has 2 rings (SSSR count). The normalized spacial score (nSPS) is 10.3. The first-order valence-corrected chi connectivity index (χ1v) is 4.35. The maximum atomic E-state index is 12.8. The maximum Gasteiger partial charge on any atom is 0.310 e. The Labute approximate surface area is 89.5 Å². The lowest BCUT2D eigenvalue weighted by Gasteiger charge is -2.01. The minimum absolute atomic E-state index is 0.174. The van der Waals surface area contributed by atoms with Crippen LogP contribution in [0, 0.1) is 6.08 Å². The van der Waals surface area contributed by atoms with Crippen LogP contribution >= 0.6 is 11.6 Å². The van der Waals surface area contributed by atoms with Crippen molar-refractivity contribution in [2.45, 2.75) is 0 Å². The molecule has 0 fully saturated rings. The van der Waals surface area contributed by atoms with Crippen LogP contribution in [-0.4, -0.2) is 26.9 Å². The Hall–Kier alpha value is -1.69. The molecule has 15 heavy (non-hydrogen) atoms. The first-order chi connectivity index (χ1) is 7.20. The van der Waals surface area contributed by atoms with E-state index in [1.165, 1.54) is 30.4 Å². The molecule has 0 bridgehead atoms. The smallest absolute Gasteiger partial charge is 0.310 e. The number of halogens is 2. The molecule has 2 aromatic heterocycles. The third-order valence-corrected chi connectivity index (χ3v) is 1.97. The second-order valence-corrected chi connectivity index (χ2v) is 3.04. The minimum Gasteiger partial charge on any atom is -0.493 e. The molecule has 0 N–H and O–H groups in total. The van der Waals surface area contributed by atoms with Gasteiger partial charge in [0.05, 0.1) is 25.7 Å². The van der Waals surface area contributed by atoms with Crippen LogP contribution in [0.1, 0.15) is 0 Å². The zero-order valence-corrected chi connectivity index (χ0v) is 8.44. The summed E-state index contributed by atoms with van der Waals surface area (Å²) in [6.07, 6.45) is 3.32. The summed E-state index contributed by atoms with van der Waals surface area (Å²) in [5, 5.41) is 4.12. The van der Waals surface area contributed by atoms with Crippen molar-refractivity contribution in [1.29, 1.82) is 0 Å². The number of hydrogen-bond donors (Lipinski definition) is 0. The van der Waals surface area contributed by atoms with Gasteiger partial charge in [0.15, 0.2) is 11.6 Å². The van der Waals surface area contributed by atoms with E-state index in [-0.39, 0.29) is 10.8 Å². The van der Waals surface area contributed by atoms with Crippen LogP contribution < -0.4 is 4.74 Å². The molecule has 0 atom stereocenters. The SMILES string of the molecule is COc1cnn(-c2nc(F)ncc2Cl)c1. The van der Waals surface area contributed by atoms with Gasteiger partial charge in [0.25, 0.3) is 0 Å². The number of nitrogens with zero attached hydrogens (tertiary/aromatic N) is 4. The average Bonchev–Trinajstić information content (AvgIpc) is 2.70. The summed E-state index contributed by atoms with van der Waals surface area (Å²) in [4.78, 5) is 6.84. The molecule has 2 aromatic rings. The van der Waals surface area contributed by atoms with Crippen molar-refractivity contribution in [2.24, 2.45) is 0 Å². The zero-order valence-electron chi connectivity index (χ0n) is 7.69. The molecule has 0 aliphatic carbocycles. The lowest BCUT2D eigenvalue weighted by Crippen LogP contribution is -2.02. The second kappa shape index (κ2) is 3.82. The summed E-state index contributed by atoms with van der Waals surface area (Å²) in [6, 6.07) is 0. The van der Waals surface area contributed by atoms with Crippen molar-refractivity contribution >= 4 is 11.6 Å². The molecule has 78 valence electrons. The Morgan fingerprint density at radius 2 is 2.27 bits per heavy atom. The van der Waals surface area contributed by atoms with Crippen molar-refractivity contribution in [3.63, 3.8) is 0 Å². The molecule has 0 radical (unpaired) electrons. The molecule has 0 aliphatic heterocycles. The van der Waals surface area contributed by atoms with E-state index in [9.17, 15) is 4.39 Å². The number of aromatic nitrogens is 4. The van der Waals surface area contributed by atoms with Crippen molar-refractivity contribution in [3.05, 3.63) is 29.7 Å². The van der Waals surface area contributed by atoms with Gasteiger partial charge < -0.3 is 4.74 Å². The van der Waals surface area contributed by atoms with Crippen LogP contribution in [0.25, 0.3) is 5.82 Å². The van der Waals surface area contributed by atoms with Gasteiger partial charge in [-0.05, 0) is 0 Å². The largest absolute Gasteiger partial charge is 0.493 e. The van der Waals surface area contributed by atoms with E-state index in [2.05, 4.69) is 15.1 Å². The highest BCUT2D eigenvalue weighted by molar-refractivity contribution is 6.32. The van der Waals surface area contributed by atoms with Crippen molar-refractivity contribution in [2.75, 3.05) is 7.11 Å². The summed E-state index contributed by atoms with van der Waals surface area (Å²) in [6.45, 7) is 0. The lowest BCUT2D eigenvalue weighted by atomic mass is 10.6. The standard InChI is InChI=1S/C8H6ClFN4O/c1-15-5-2-12-14(4-5)7-6(9)3-11-8(10)13-7/h2-4H,1H3. The zero-order chi connectivity index (χ0) is 10.8. The van der Waals surface area contributed by atoms with E-state index in [1.54, 1.807) is 0 Å². The molecule has 0 saturated heterocycles. The summed E-state index contributed by atoms with van der Waals surface area (Å²) in [5.41, 5.74) is 0. The second-order valence-electron chi connectivity index (χ2n) is 2.64. The third-order valence-electron chi connectivity index (χ3n) is 1.71. The Kier molecular flexibility index (Phi) is 2.51. The quantitative estimate of drug-likeness (QED) is 0.731. The number of rotatable bonds is 2. The topological polar surface area (TPSA) is 52.8 Å². The van der Waals surface area contributed by atoms with Crippen molar-refractivity contribution in [1.82, 2.24) is 19.7 Å². The van der Waals surface area contributed by atoms with Crippen LogP contribution in [-0.2, 0) is 0 Å². The molecular formula is C8H6ClFN4O. The Balaban J connectivity index is 2.48. The minimum atomic E-state index is -0.858. The van der Waals surface area contributed by atoms with E-state index in [0.717, 1.165) is 0 Å². The van der Waals surface area contributed by atoms with E-state index >= 15 is 0 Å². The van der Waals surface area contributed by atoms with Gasteiger partial charge in [-0.25, -0.2) is 9.67 Å². The maximum absolute atomic E-state index is 12.8. The van der Waals surface area contributed by atoms with E-state index in [4.69, 9.17) is 16.3 Å². The highest BCUT2D eigenvalue weighted by Crippen LogP contribution is 2.18. The van der Waals surface area contributed by atoms with Crippen molar-refractivity contribution < 1.29 is 9.13 Å². The Morgan fingerprint density at radius 1 is 1.47 bits per heavy atom. The van der Waals surface area contributed by atoms with Gasteiger partial charge in [-0.3, -0.25) is 0 Å². The fourth-order valence-electron chi connectivity index (χ4n) is 1.03. The van der Waals surface area contributed by atoms with Gasteiger partial charge in [-0.15, -0.1) is 0 Å². The fourth-order valence-corrected chi connectivity index (χ4v) is 1.20. The van der Waals surface area contributed by atoms with Gasteiger partial charge in [0.2, 0.25) is 0 Å². The summed E-state index contributed by atoms with van der Waals surface area (Å²) in [7, 11) is 1.50. The summed E-state index contributed by atoms with van der Waals surface area (Å²) in [5.74, 6) is 0.706. The van der Waals surface area contributed by atoms with E-state index in [0.29, 0.717) is 5.75 Å². The molecule has 0 aromatic carbocycles. The predicted octanol–water partition coefficient (Wildman–Crippen LogP) is 1.46. The Morgan fingerprint density at radius 3 is 2.93 bits per heavy atom. The number of hydrogen-bond acceptors (Lipinski definition) is 4. The van der Waals surface area contributed by atoms with Crippen LogP contribution in [0.15, 0.2) is 18.6 Å². The molecule has 0 aliphatic rings. The van der Waals surface area contributed by atoms with Gasteiger partial charge in [0, 0.05) is 0 Å². The molecule has 5 nitrogen and oxygen atoms in total. The van der Waals surface area contributed by atoms with Gasteiger partial charge in [0.1, 0.15) is 5.02 Å². The average molecular weight is 229 g/mol. The Bertz CT molecular complexity index is 487. The monoisotopic (exact) mass is 228 g/mol. The first kappa shape index (κ1) is 9.85. The van der Waals surface area contributed by atoms with Crippen LogP contribution in [0.4, 0.5) is 4.39 Å².